The number of carbonyl (C=O) groups excluding carboxylic acids is 2. The van der Waals surface area contributed by atoms with Crippen LogP contribution < -0.4 is 21.1 Å². The first-order valence-electron chi connectivity index (χ1n) is 9.00. The Morgan fingerprint density at radius 3 is 2.67 bits per heavy atom. The van der Waals surface area contributed by atoms with Crippen molar-refractivity contribution in [3.05, 3.63) is 58.2 Å². The molecule has 156 valence electrons. The van der Waals surface area contributed by atoms with Gasteiger partial charge in [0.25, 0.3) is 5.91 Å². The molecule has 0 atom stereocenters. The lowest BCUT2D eigenvalue weighted by Crippen LogP contribution is -2.22. The minimum atomic E-state index is -0.603. The van der Waals surface area contributed by atoms with Gasteiger partial charge < -0.3 is 21.1 Å². The molecule has 0 saturated heterocycles. The number of aryl methyl sites for hydroxylation is 1. The van der Waals surface area contributed by atoms with Crippen LogP contribution in [0.5, 0.6) is 5.75 Å². The van der Waals surface area contributed by atoms with Gasteiger partial charge in [0.05, 0.1) is 12.8 Å². The van der Waals surface area contributed by atoms with Gasteiger partial charge in [-0.05, 0) is 49.2 Å². The summed E-state index contributed by atoms with van der Waals surface area (Å²) in [6.07, 6.45) is 0. The Morgan fingerprint density at radius 2 is 1.93 bits per heavy atom. The molecule has 0 aliphatic carbocycles. The van der Waals surface area contributed by atoms with E-state index >= 15 is 0 Å². The maximum atomic E-state index is 12.6. The summed E-state index contributed by atoms with van der Waals surface area (Å²) in [5, 5.41) is 13.5. The minimum absolute atomic E-state index is 0.0374. The quantitative estimate of drug-likeness (QED) is 0.554. The van der Waals surface area contributed by atoms with Crippen LogP contribution in [0.2, 0.25) is 5.02 Å². The molecule has 0 saturated carbocycles. The first kappa shape index (κ1) is 21.1. The fraction of sp³-hybridized carbons (Fsp3) is 0.200. The summed E-state index contributed by atoms with van der Waals surface area (Å²) < 4.78 is 6.36. The molecule has 2 amide bonds. The summed E-state index contributed by atoms with van der Waals surface area (Å²) in [6.45, 7) is 3.68. The van der Waals surface area contributed by atoms with Crippen LogP contribution in [-0.4, -0.2) is 33.9 Å². The highest BCUT2D eigenvalue weighted by molar-refractivity contribution is 6.31. The summed E-state index contributed by atoms with van der Waals surface area (Å²) in [6, 6.07) is 10.4. The lowest BCUT2D eigenvalue weighted by molar-refractivity contribution is -0.116. The zero-order valence-electron chi connectivity index (χ0n) is 16.7. The molecule has 0 fully saturated rings. The molecule has 0 radical (unpaired) electrons. The Bertz CT molecular complexity index is 1110. The van der Waals surface area contributed by atoms with Crippen LogP contribution in [0.25, 0.3) is 0 Å². The van der Waals surface area contributed by atoms with Gasteiger partial charge in [-0.1, -0.05) is 28.9 Å². The molecule has 2 aromatic carbocycles. The first-order valence-corrected chi connectivity index (χ1v) is 9.38. The normalized spacial score (nSPS) is 10.5. The van der Waals surface area contributed by atoms with Crippen LogP contribution in [0.4, 0.5) is 17.2 Å². The van der Waals surface area contributed by atoms with E-state index in [0.717, 1.165) is 15.8 Å². The maximum absolute atomic E-state index is 12.6. The average Bonchev–Trinajstić information content (AvgIpc) is 3.06. The fourth-order valence-corrected chi connectivity index (χ4v) is 2.94. The van der Waals surface area contributed by atoms with Crippen LogP contribution in [0.15, 0.2) is 36.4 Å². The van der Waals surface area contributed by atoms with Crippen molar-refractivity contribution in [3.8, 4) is 5.75 Å². The number of rotatable bonds is 6. The molecule has 0 bridgehead atoms. The largest absolute Gasteiger partial charge is 0.495 e. The van der Waals surface area contributed by atoms with Crippen molar-refractivity contribution in [3.63, 3.8) is 0 Å². The van der Waals surface area contributed by atoms with Crippen molar-refractivity contribution in [1.29, 1.82) is 0 Å². The highest BCUT2D eigenvalue weighted by atomic mass is 35.5. The van der Waals surface area contributed by atoms with E-state index in [9.17, 15) is 9.59 Å². The molecule has 3 rings (SSSR count). The number of hydrogen-bond acceptors (Lipinski definition) is 6. The molecule has 0 aliphatic rings. The SMILES string of the molecule is COc1ccc(Cl)cc1NC(=O)c1nnn(CC(=O)Nc2cccc(C)c2C)c1N. The number of carbonyl (C=O) groups is 2. The number of aromatic nitrogens is 3. The minimum Gasteiger partial charge on any atom is -0.495 e. The number of hydrogen-bond donors (Lipinski definition) is 3. The number of anilines is 3. The van der Waals surface area contributed by atoms with Crippen LogP contribution >= 0.6 is 11.6 Å². The molecule has 9 nitrogen and oxygen atoms in total. The average molecular weight is 429 g/mol. The van der Waals surface area contributed by atoms with Crippen molar-refractivity contribution in [2.75, 3.05) is 23.5 Å². The van der Waals surface area contributed by atoms with Crippen LogP contribution in [0.1, 0.15) is 21.6 Å². The van der Waals surface area contributed by atoms with Gasteiger partial charge in [0.1, 0.15) is 12.3 Å². The van der Waals surface area contributed by atoms with E-state index in [-0.39, 0.29) is 24.0 Å². The summed E-state index contributed by atoms with van der Waals surface area (Å²) in [4.78, 5) is 25.0. The van der Waals surface area contributed by atoms with E-state index in [0.29, 0.717) is 22.1 Å². The Hall–Kier alpha value is -3.59. The predicted molar refractivity (Wildman–Crippen MR) is 115 cm³/mol. The van der Waals surface area contributed by atoms with Crippen molar-refractivity contribution in [1.82, 2.24) is 15.0 Å². The second-order valence-electron chi connectivity index (χ2n) is 6.58. The summed E-state index contributed by atoms with van der Waals surface area (Å²) >= 11 is 5.98. The number of benzene rings is 2. The maximum Gasteiger partial charge on any atom is 0.280 e. The van der Waals surface area contributed by atoms with Gasteiger partial charge in [0.15, 0.2) is 11.5 Å². The monoisotopic (exact) mass is 428 g/mol. The van der Waals surface area contributed by atoms with Crippen molar-refractivity contribution < 1.29 is 14.3 Å². The molecule has 10 heteroatoms. The second kappa shape index (κ2) is 8.83. The first-order chi connectivity index (χ1) is 14.3. The third kappa shape index (κ3) is 4.52. The standard InChI is InChI=1S/C20H21ClN6O3/c1-11-5-4-6-14(12(11)2)23-17(28)10-27-19(22)18(25-26-27)20(29)24-15-9-13(21)7-8-16(15)30-3/h4-9H,10,22H2,1-3H3,(H,23,28)(H,24,29). The molecular formula is C20H21ClN6O3. The third-order valence-electron chi connectivity index (χ3n) is 4.57. The lowest BCUT2D eigenvalue weighted by atomic mass is 10.1. The van der Waals surface area contributed by atoms with Gasteiger partial charge >= 0.3 is 0 Å². The topological polar surface area (TPSA) is 124 Å². The highest BCUT2D eigenvalue weighted by Gasteiger charge is 2.20. The number of nitrogens with zero attached hydrogens (tertiary/aromatic N) is 3. The smallest absolute Gasteiger partial charge is 0.280 e. The molecule has 1 heterocycles. The van der Waals surface area contributed by atoms with E-state index in [1.165, 1.54) is 13.2 Å². The van der Waals surface area contributed by atoms with Crippen molar-refractivity contribution >= 4 is 40.6 Å². The Kier molecular flexibility index (Phi) is 6.22. The number of halogens is 1. The van der Waals surface area contributed by atoms with E-state index in [2.05, 4.69) is 20.9 Å². The van der Waals surface area contributed by atoms with Gasteiger partial charge in [-0.25, -0.2) is 4.68 Å². The van der Waals surface area contributed by atoms with Crippen molar-refractivity contribution in [2.45, 2.75) is 20.4 Å². The van der Waals surface area contributed by atoms with Crippen molar-refractivity contribution in [2.24, 2.45) is 0 Å². The zero-order chi connectivity index (χ0) is 21.8. The van der Waals surface area contributed by atoms with Gasteiger partial charge in [-0.2, -0.15) is 0 Å². The summed E-state index contributed by atoms with van der Waals surface area (Å²) in [7, 11) is 1.47. The summed E-state index contributed by atoms with van der Waals surface area (Å²) in [5.74, 6) is -0.561. The number of nitrogens with one attached hydrogen (secondary N) is 2. The van der Waals surface area contributed by atoms with Crippen LogP contribution in [0, 0.1) is 13.8 Å². The van der Waals surface area contributed by atoms with Gasteiger partial charge in [-0.3, -0.25) is 9.59 Å². The molecule has 3 aromatic rings. The van der Waals surface area contributed by atoms with Crippen LogP contribution in [-0.2, 0) is 11.3 Å². The van der Waals surface area contributed by atoms with Gasteiger partial charge in [-0.15, -0.1) is 5.10 Å². The Labute approximate surface area is 178 Å². The second-order valence-corrected chi connectivity index (χ2v) is 7.01. The Morgan fingerprint density at radius 1 is 1.17 bits per heavy atom. The number of nitrogen functional groups attached to an aromatic ring is 1. The number of methoxy groups -OCH3 is 1. The molecule has 4 N–H and O–H groups in total. The zero-order valence-corrected chi connectivity index (χ0v) is 17.4. The van der Waals surface area contributed by atoms with E-state index in [4.69, 9.17) is 22.1 Å². The molecule has 30 heavy (non-hydrogen) atoms. The van der Waals surface area contributed by atoms with Crippen LogP contribution in [0.3, 0.4) is 0 Å². The molecule has 0 spiro atoms. The van der Waals surface area contributed by atoms with E-state index < -0.39 is 5.91 Å². The molecule has 0 unspecified atom stereocenters. The lowest BCUT2D eigenvalue weighted by Gasteiger charge is -2.11. The number of nitrogens with two attached hydrogens (primary N) is 1. The van der Waals surface area contributed by atoms with E-state index in [1.807, 2.05) is 32.0 Å². The summed E-state index contributed by atoms with van der Waals surface area (Å²) in [5.41, 5.74) is 8.96. The third-order valence-corrected chi connectivity index (χ3v) is 4.81. The van der Waals surface area contributed by atoms with E-state index in [1.54, 1.807) is 12.1 Å². The van der Waals surface area contributed by atoms with Gasteiger partial charge in [0, 0.05) is 10.7 Å². The molecule has 1 aromatic heterocycles. The Balaban J connectivity index is 1.72. The number of ether oxygens (including phenoxy) is 1. The number of amides is 2. The molecule has 0 aliphatic heterocycles. The highest BCUT2D eigenvalue weighted by Crippen LogP contribution is 2.28. The van der Waals surface area contributed by atoms with Gasteiger partial charge in [0.2, 0.25) is 5.91 Å². The molecular weight excluding hydrogens is 408 g/mol. The fourth-order valence-electron chi connectivity index (χ4n) is 2.77. The predicted octanol–water partition coefficient (Wildman–Crippen LogP) is 3.03.